The van der Waals surface area contributed by atoms with E-state index in [2.05, 4.69) is 4.74 Å². The number of benzene rings is 1. The Morgan fingerprint density at radius 2 is 2.00 bits per heavy atom. The molecule has 0 unspecified atom stereocenters. The highest BCUT2D eigenvalue weighted by Gasteiger charge is 2.12. The van der Waals surface area contributed by atoms with E-state index >= 15 is 0 Å². The highest BCUT2D eigenvalue weighted by Crippen LogP contribution is 2.26. The van der Waals surface area contributed by atoms with Crippen molar-refractivity contribution in [1.82, 2.24) is 0 Å². The molecule has 0 fully saturated rings. The second kappa shape index (κ2) is 4.37. The summed E-state index contributed by atoms with van der Waals surface area (Å²) in [6, 6.07) is 4.66. The van der Waals surface area contributed by atoms with Crippen molar-refractivity contribution in [2.24, 2.45) is 5.73 Å². The van der Waals surface area contributed by atoms with Gasteiger partial charge in [0.2, 0.25) is 0 Å². The average Bonchev–Trinajstić information content (AvgIpc) is 2.07. The van der Waals surface area contributed by atoms with Gasteiger partial charge in [0.05, 0.1) is 0 Å². The summed E-state index contributed by atoms with van der Waals surface area (Å²) in [5.41, 5.74) is 7.21. The SMILES string of the molecule is Cc1ccc(OC(F)F)c([C@@H](C)N)c1. The van der Waals surface area contributed by atoms with Crippen molar-refractivity contribution in [3.63, 3.8) is 0 Å². The van der Waals surface area contributed by atoms with E-state index < -0.39 is 6.61 Å². The van der Waals surface area contributed by atoms with Crippen molar-refractivity contribution >= 4 is 0 Å². The van der Waals surface area contributed by atoms with E-state index in [1.54, 1.807) is 19.1 Å². The molecule has 0 saturated heterocycles. The minimum absolute atomic E-state index is 0.153. The van der Waals surface area contributed by atoms with E-state index in [1.165, 1.54) is 6.07 Å². The van der Waals surface area contributed by atoms with Crippen LogP contribution in [0.15, 0.2) is 18.2 Å². The first-order chi connectivity index (χ1) is 6.50. The molecule has 1 aromatic carbocycles. The maximum atomic E-state index is 12.0. The van der Waals surface area contributed by atoms with E-state index in [4.69, 9.17) is 5.73 Å². The molecule has 0 spiro atoms. The lowest BCUT2D eigenvalue weighted by Crippen LogP contribution is -2.10. The van der Waals surface area contributed by atoms with Gasteiger partial charge in [-0.25, -0.2) is 0 Å². The molecule has 0 saturated carbocycles. The van der Waals surface area contributed by atoms with Gasteiger partial charge in [0.1, 0.15) is 5.75 Å². The molecule has 1 atom stereocenters. The van der Waals surface area contributed by atoms with Crippen LogP contribution in [0, 0.1) is 6.92 Å². The first-order valence-electron chi connectivity index (χ1n) is 4.31. The third-order valence-corrected chi connectivity index (χ3v) is 1.87. The summed E-state index contributed by atoms with van der Waals surface area (Å²) >= 11 is 0. The molecule has 0 aliphatic rings. The van der Waals surface area contributed by atoms with Gasteiger partial charge >= 0.3 is 6.61 Å². The lowest BCUT2D eigenvalue weighted by Gasteiger charge is -2.13. The predicted octanol–water partition coefficient (Wildman–Crippen LogP) is 2.62. The van der Waals surface area contributed by atoms with Gasteiger partial charge in [-0.1, -0.05) is 17.7 Å². The zero-order valence-electron chi connectivity index (χ0n) is 8.13. The average molecular weight is 201 g/mol. The molecule has 2 N–H and O–H groups in total. The third-order valence-electron chi connectivity index (χ3n) is 1.87. The number of rotatable bonds is 3. The Morgan fingerprint density at radius 3 is 2.50 bits per heavy atom. The van der Waals surface area contributed by atoms with Crippen LogP contribution >= 0.6 is 0 Å². The summed E-state index contributed by atoms with van der Waals surface area (Å²) in [4.78, 5) is 0. The molecule has 78 valence electrons. The van der Waals surface area contributed by atoms with E-state index in [0.29, 0.717) is 5.56 Å². The number of aryl methyl sites for hydroxylation is 1. The summed E-state index contributed by atoms with van der Waals surface area (Å²) < 4.78 is 28.4. The fraction of sp³-hybridized carbons (Fsp3) is 0.400. The first-order valence-corrected chi connectivity index (χ1v) is 4.31. The van der Waals surface area contributed by atoms with Crippen molar-refractivity contribution in [2.75, 3.05) is 0 Å². The molecular weight excluding hydrogens is 188 g/mol. The summed E-state index contributed by atoms with van der Waals surface area (Å²) in [6.07, 6.45) is 0. The normalized spacial score (nSPS) is 13.0. The largest absolute Gasteiger partial charge is 0.434 e. The number of nitrogens with two attached hydrogens (primary N) is 1. The van der Waals surface area contributed by atoms with Crippen LogP contribution < -0.4 is 10.5 Å². The fourth-order valence-electron chi connectivity index (χ4n) is 1.23. The van der Waals surface area contributed by atoms with Gasteiger partial charge in [-0.3, -0.25) is 0 Å². The van der Waals surface area contributed by atoms with Gasteiger partial charge in [-0.2, -0.15) is 8.78 Å². The van der Waals surface area contributed by atoms with E-state index in [-0.39, 0.29) is 11.8 Å². The number of ether oxygens (including phenoxy) is 1. The summed E-state index contributed by atoms with van der Waals surface area (Å²) in [6.45, 7) is 0.792. The van der Waals surface area contributed by atoms with Crippen molar-refractivity contribution in [2.45, 2.75) is 26.5 Å². The molecule has 1 rings (SSSR count). The van der Waals surface area contributed by atoms with E-state index in [1.807, 2.05) is 6.92 Å². The second-order valence-electron chi connectivity index (χ2n) is 3.21. The smallest absolute Gasteiger partial charge is 0.387 e. The lowest BCUT2D eigenvalue weighted by atomic mass is 10.1. The molecular formula is C10H13F2NO. The maximum absolute atomic E-state index is 12.0. The Labute approximate surface area is 81.7 Å². The molecule has 0 bridgehead atoms. The van der Waals surface area contributed by atoms with Crippen LogP contribution in [0.2, 0.25) is 0 Å². The molecule has 0 amide bonds. The molecule has 4 heteroatoms. The van der Waals surface area contributed by atoms with Crippen LogP contribution in [0.4, 0.5) is 8.78 Å². The number of hydrogen-bond donors (Lipinski definition) is 1. The molecule has 0 aliphatic carbocycles. The number of halogens is 2. The van der Waals surface area contributed by atoms with Crippen LogP contribution in [-0.4, -0.2) is 6.61 Å². The summed E-state index contributed by atoms with van der Waals surface area (Å²) in [5, 5.41) is 0. The number of alkyl halides is 2. The highest BCUT2D eigenvalue weighted by atomic mass is 19.3. The van der Waals surface area contributed by atoms with Crippen molar-refractivity contribution in [3.05, 3.63) is 29.3 Å². The molecule has 1 aromatic rings. The minimum Gasteiger partial charge on any atom is -0.434 e. The molecule has 0 radical (unpaired) electrons. The Hall–Kier alpha value is -1.16. The van der Waals surface area contributed by atoms with Crippen molar-refractivity contribution in [3.8, 4) is 5.75 Å². The molecule has 14 heavy (non-hydrogen) atoms. The van der Waals surface area contributed by atoms with Crippen LogP contribution in [-0.2, 0) is 0 Å². The van der Waals surface area contributed by atoms with Gasteiger partial charge in [0.25, 0.3) is 0 Å². The predicted molar refractivity (Wildman–Crippen MR) is 50.4 cm³/mol. The fourth-order valence-corrected chi connectivity index (χ4v) is 1.23. The first kappa shape index (κ1) is 10.9. The Balaban J connectivity index is 3.02. The molecule has 0 aliphatic heterocycles. The molecule has 2 nitrogen and oxygen atoms in total. The standard InChI is InChI=1S/C10H13F2NO/c1-6-3-4-9(14-10(11)12)8(5-6)7(2)13/h3-5,7,10H,13H2,1-2H3/t7-/m1/s1. The zero-order chi connectivity index (χ0) is 10.7. The van der Waals surface area contributed by atoms with Crippen molar-refractivity contribution < 1.29 is 13.5 Å². The third kappa shape index (κ3) is 2.67. The Bertz CT molecular complexity index is 313. The molecule has 0 aromatic heterocycles. The maximum Gasteiger partial charge on any atom is 0.387 e. The van der Waals surface area contributed by atoms with Gasteiger partial charge in [0.15, 0.2) is 0 Å². The van der Waals surface area contributed by atoms with E-state index in [0.717, 1.165) is 5.56 Å². The zero-order valence-corrected chi connectivity index (χ0v) is 8.13. The monoisotopic (exact) mass is 201 g/mol. The van der Waals surface area contributed by atoms with Gasteiger partial charge in [-0.05, 0) is 19.9 Å². The minimum atomic E-state index is -2.81. The second-order valence-corrected chi connectivity index (χ2v) is 3.21. The van der Waals surface area contributed by atoms with Gasteiger partial charge in [-0.15, -0.1) is 0 Å². The highest BCUT2D eigenvalue weighted by molar-refractivity contribution is 5.38. The summed E-state index contributed by atoms with van der Waals surface area (Å²) in [5.74, 6) is 0.153. The quantitative estimate of drug-likeness (QED) is 0.815. The molecule has 0 heterocycles. The van der Waals surface area contributed by atoms with Crippen molar-refractivity contribution in [1.29, 1.82) is 0 Å². The van der Waals surface area contributed by atoms with Gasteiger partial charge < -0.3 is 10.5 Å². The summed E-state index contributed by atoms with van der Waals surface area (Å²) in [7, 11) is 0. The van der Waals surface area contributed by atoms with E-state index in [9.17, 15) is 8.78 Å². The number of hydrogen-bond acceptors (Lipinski definition) is 2. The van der Waals surface area contributed by atoms with Gasteiger partial charge in [0, 0.05) is 11.6 Å². The van der Waals surface area contributed by atoms with Crippen LogP contribution in [0.1, 0.15) is 24.1 Å². The van der Waals surface area contributed by atoms with Crippen LogP contribution in [0.5, 0.6) is 5.75 Å². The topological polar surface area (TPSA) is 35.2 Å². The van der Waals surface area contributed by atoms with Crippen LogP contribution in [0.3, 0.4) is 0 Å². The lowest BCUT2D eigenvalue weighted by molar-refractivity contribution is -0.0505. The Kier molecular flexibility index (Phi) is 3.41. The van der Waals surface area contributed by atoms with Crippen LogP contribution in [0.25, 0.3) is 0 Å². The Morgan fingerprint density at radius 1 is 1.36 bits per heavy atom.